The zero-order valence-electron chi connectivity index (χ0n) is 9.28. The van der Waals surface area contributed by atoms with Gasteiger partial charge in [-0.25, -0.2) is 8.78 Å². The molecule has 0 amide bonds. The normalized spacial score (nSPS) is 12.4. The van der Waals surface area contributed by atoms with Crippen molar-refractivity contribution in [3.63, 3.8) is 0 Å². The molecule has 5 heteroatoms. The second-order valence-corrected chi connectivity index (χ2v) is 4.22. The highest BCUT2D eigenvalue weighted by molar-refractivity contribution is 6.31. The number of hydrogen-bond acceptors (Lipinski definition) is 2. The fraction of sp³-hybridized carbons (Fsp3) is 0.154. The van der Waals surface area contributed by atoms with Crippen LogP contribution in [0.4, 0.5) is 8.78 Å². The number of aromatic nitrogens is 1. The lowest BCUT2D eigenvalue weighted by atomic mass is 10.0. The zero-order chi connectivity index (χ0) is 13.1. The molecule has 0 aliphatic carbocycles. The monoisotopic (exact) mass is 269 g/mol. The first-order chi connectivity index (χ1) is 8.59. The van der Waals surface area contributed by atoms with E-state index < -0.39 is 17.7 Å². The lowest BCUT2D eigenvalue weighted by Crippen LogP contribution is -2.06. The molecule has 18 heavy (non-hydrogen) atoms. The maximum atomic E-state index is 13.4. The first kappa shape index (κ1) is 12.9. The zero-order valence-corrected chi connectivity index (χ0v) is 10.0. The minimum atomic E-state index is -1.08. The van der Waals surface area contributed by atoms with Crippen LogP contribution < -0.4 is 0 Å². The highest BCUT2D eigenvalue weighted by atomic mass is 35.5. The van der Waals surface area contributed by atoms with Crippen LogP contribution in [-0.4, -0.2) is 10.1 Å². The molecular formula is C13H10ClF2NO. The molecule has 1 aromatic heterocycles. The van der Waals surface area contributed by atoms with Crippen molar-refractivity contribution in [2.75, 3.05) is 0 Å². The van der Waals surface area contributed by atoms with E-state index in [9.17, 15) is 13.9 Å². The van der Waals surface area contributed by atoms with E-state index >= 15 is 0 Å². The Hall–Kier alpha value is -1.52. The number of aliphatic hydroxyl groups excluding tert-OH is 1. The molecule has 94 valence electrons. The third-order valence-corrected chi connectivity index (χ3v) is 2.94. The number of halogens is 3. The van der Waals surface area contributed by atoms with Gasteiger partial charge in [-0.1, -0.05) is 17.7 Å². The molecule has 0 saturated heterocycles. The Morgan fingerprint density at radius 3 is 2.50 bits per heavy atom. The first-order valence-corrected chi connectivity index (χ1v) is 5.67. The Morgan fingerprint density at radius 2 is 1.89 bits per heavy atom. The minimum absolute atomic E-state index is 0.155. The van der Waals surface area contributed by atoms with Gasteiger partial charge >= 0.3 is 0 Å². The maximum Gasteiger partial charge on any atom is 0.129 e. The molecule has 0 radical (unpaired) electrons. The third kappa shape index (κ3) is 2.66. The largest absolute Gasteiger partial charge is 0.388 e. The molecule has 1 unspecified atom stereocenters. The molecule has 0 spiro atoms. The van der Waals surface area contributed by atoms with E-state index in [-0.39, 0.29) is 17.0 Å². The van der Waals surface area contributed by atoms with Gasteiger partial charge in [-0.15, -0.1) is 0 Å². The van der Waals surface area contributed by atoms with Crippen LogP contribution in [-0.2, 0) is 6.42 Å². The van der Waals surface area contributed by atoms with Crippen molar-refractivity contribution < 1.29 is 13.9 Å². The summed E-state index contributed by atoms with van der Waals surface area (Å²) in [5.74, 6) is -1.36. The number of benzene rings is 1. The van der Waals surface area contributed by atoms with Gasteiger partial charge in [0.1, 0.15) is 11.6 Å². The lowest BCUT2D eigenvalue weighted by molar-refractivity contribution is 0.175. The van der Waals surface area contributed by atoms with Crippen LogP contribution in [0.25, 0.3) is 0 Å². The Kier molecular flexibility index (Phi) is 3.89. The van der Waals surface area contributed by atoms with E-state index in [0.717, 1.165) is 12.1 Å². The van der Waals surface area contributed by atoms with E-state index in [2.05, 4.69) is 4.98 Å². The molecule has 2 rings (SSSR count). The lowest BCUT2D eigenvalue weighted by Gasteiger charge is -2.13. The van der Waals surface area contributed by atoms with Crippen molar-refractivity contribution in [1.29, 1.82) is 0 Å². The van der Waals surface area contributed by atoms with Crippen molar-refractivity contribution in [2.24, 2.45) is 0 Å². The van der Waals surface area contributed by atoms with Crippen LogP contribution in [0, 0.1) is 11.6 Å². The second-order valence-electron chi connectivity index (χ2n) is 3.82. The summed E-state index contributed by atoms with van der Waals surface area (Å²) in [4.78, 5) is 3.78. The van der Waals surface area contributed by atoms with Gasteiger partial charge in [-0.05, 0) is 18.2 Å². The van der Waals surface area contributed by atoms with Gasteiger partial charge in [0.05, 0.1) is 11.1 Å². The second kappa shape index (κ2) is 5.42. The van der Waals surface area contributed by atoms with Crippen molar-refractivity contribution >= 4 is 11.6 Å². The van der Waals surface area contributed by atoms with E-state index in [1.54, 1.807) is 0 Å². The average Bonchev–Trinajstić information content (AvgIpc) is 2.34. The number of hydrogen-bond donors (Lipinski definition) is 1. The van der Waals surface area contributed by atoms with Gasteiger partial charge in [0.15, 0.2) is 0 Å². The summed E-state index contributed by atoms with van der Waals surface area (Å²) in [6.07, 6.45) is 1.58. The van der Waals surface area contributed by atoms with E-state index in [0.29, 0.717) is 5.56 Å². The van der Waals surface area contributed by atoms with Crippen LogP contribution in [0.15, 0.2) is 36.7 Å². The fourth-order valence-electron chi connectivity index (χ4n) is 1.69. The molecule has 1 aromatic carbocycles. The summed E-state index contributed by atoms with van der Waals surface area (Å²) in [6.45, 7) is 0. The number of nitrogens with zero attached hydrogens (tertiary/aromatic N) is 1. The molecule has 0 aliphatic heterocycles. The third-order valence-electron chi connectivity index (χ3n) is 2.62. The molecular weight excluding hydrogens is 260 g/mol. The SMILES string of the molecule is OC(Cc1c(F)cccc1F)c1ccncc1Cl. The summed E-state index contributed by atoms with van der Waals surface area (Å²) in [5, 5.41) is 10.2. The van der Waals surface area contributed by atoms with Crippen molar-refractivity contribution in [3.8, 4) is 0 Å². The standard InChI is InChI=1S/C13H10ClF2NO/c14-10-7-17-5-4-8(10)13(18)6-9-11(15)2-1-3-12(9)16/h1-5,7,13,18H,6H2. The number of pyridine rings is 1. The quantitative estimate of drug-likeness (QED) is 0.927. The summed E-state index contributed by atoms with van der Waals surface area (Å²) in [5.41, 5.74) is 0.243. The Balaban J connectivity index is 2.27. The Morgan fingerprint density at radius 1 is 1.22 bits per heavy atom. The molecule has 2 nitrogen and oxygen atoms in total. The summed E-state index contributed by atoms with van der Waals surface area (Å²) in [6, 6.07) is 5.10. The van der Waals surface area contributed by atoms with Crippen LogP contribution in [0.2, 0.25) is 5.02 Å². The van der Waals surface area contributed by atoms with Crippen molar-refractivity contribution in [2.45, 2.75) is 12.5 Å². The Bertz CT molecular complexity index is 542. The highest BCUT2D eigenvalue weighted by Crippen LogP contribution is 2.26. The van der Waals surface area contributed by atoms with E-state index in [4.69, 9.17) is 11.6 Å². The van der Waals surface area contributed by atoms with Crippen LogP contribution in [0.1, 0.15) is 17.2 Å². The molecule has 1 atom stereocenters. The summed E-state index contributed by atoms with van der Waals surface area (Å²) >= 11 is 5.85. The smallest absolute Gasteiger partial charge is 0.129 e. The number of rotatable bonds is 3. The van der Waals surface area contributed by atoms with Crippen LogP contribution >= 0.6 is 11.6 Å². The molecule has 0 fully saturated rings. The van der Waals surface area contributed by atoms with Gasteiger partial charge in [0, 0.05) is 29.9 Å². The van der Waals surface area contributed by atoms with Crippen molar-refractivity contribution in [1.82, 2.24) is 4.98 Å². The molecule has 2 aromatic rings. The molecule has 1 N–H and O–H groups in total. The van der Waals surface area contributed by atoms with Gasteiger partial charge in [0.2, 0.25) is 0 Å². The molecule has 0 aliphatic rings. The number of aliphatic hydroxyl groups is 1. The first-order valence-electron chi connectivity index (χ1n) is 5.30. The average molecular weight is 270 g/mol. The molecule has 0 bridgehead atoms. The van der Waals surface area contributed by atoms with Crippen LogP contribution in [0.3, 0.4) is 0 Å². The predicted molar refractivity (Wildman–Crippen MR) is 64.3 cm³/mol. The molecule has 0 saturated carbocycles. The molecule has 1 heterocycles. The Labute approximate surface area is 108 Å². The minimum Gasteiger partial charge on any atom is -0.388 e. The van der Waals surface area contributed by atoms with Gasteiger partial charge in [-0.2, -0.15) is 0 Å². The predicted octanol–water partition coefficient (Wildman–Crippen LogP) is 3.29. The summed E-state index contributed by atoms with van der Waals surface area (Å²) in [7, 11) is 0. The van der Waals surface area contributed by atoms with Gasteiger partial charge < -0.3 is 5.11 Å². The van der Waals surface area contributed by atoms with E-state index in [1.165, 1.54) is 24.5 Å². The summed E-state index contributed by atoms with van der Waals surface area (Å²) < 4.78 is 26.9. The topological polar surface area (TPSA) is 33.1 Å². The maximum absolute atomic E-state index is 13.4. The van der Waals surface area contributed by atoms with E-state index in [1.807, 2.05) is 0 Å². The fourth-order valence-corrected chi connectivity index (χ4v) is 1.93. The van der Waals surface area contributed by atoms with Gasteiger partial charge in [0.25, 0.3) is 0 Å². The van der Waals surface area contributed by atoms with Gasteiger partial charge in [-0.3, -0.25) is 4.98 Å². The highest BCUT2D eigenvalue weighted by Gasteiger charge is 2.17. The van der Waals surface area contributed by atoms with Crippen LogP contribution in [0.5, 0.6) is 0 Å². The van der Waals surface area contributed by atoms with Crippen molar-refractivity contribution in [3.05, 3.63) is 64.4 Å².